The van der Waals surface area contributed by atoms with Crippen molar-refractivity contribution < 1.29 is 9.15 Å². The molecule has 0 saturated heterocycles. The minimum atomic E-state index is -0.119. The van der Waals surface area contributed by atoms with Crippen molar-refractivity contribution in [2.45, 2.75) is 47.0 Å². The molecule has 0 saturated carbocycles. The molecule has 0 aliphatic heterocycles. The second-order valence-corrected chi connectivity index (χ2v) is 7.78. The van der Waals surface area contributed by atoms with Crippen LogP contribution in [-0.4, -0.2) is 6.61 Å². The van der Waals surface area contributed by atoms with Gasteiger partial charge in [-0.05, 0) is 55.0 Å². The van der Waals surface area contributed by atoms with Gasteiger partial charge in [-0.3, -0.25) is 4.79 Å². The lowest BCUT2D eigenvalue weighted by Crippen LogP contribution is -2.11. The van der Waals surface area contributed by atoms with Crippen molar-refractivity contribution in [3.63, 3.8) is 0 Å². The quantitative estimate of drug-likeness (QED) is 0.602. The normalized spacial score (nSPS) is 11.8. The first kappa shape index (κ1) is 18.2. The summed E-state index contributed by atoms with van der Waals surface area (Å²) in [7, 11) is 0. The summed E-state index contributed by atoms with van der Waals surface area (Å²) in [4.78, 5) is 13.0. The van der Waals surface area contributed by atoms with Gasteiger partial charge in [0.1, 0.15) is 5.58 Å². The number of hydrogen-bond donors (Lipinski definition) is 0. The van der Waals surface area contributed by atoms with Crippen LogP contribution in [0.1, 0.15) is 44.4 Å². The molecule has 1 aromatic heterocycles. The number of hydrogen-bond acceptors (Lipinski definition) is 3. The summed E-state index contributed by atoms with van der Waals surface area (Å²) in [6.07, 6.45) is 0. The molecule has 3 heteroatoms. The Balaban J connectivity index is 2.25. The molecular weight excluding hydrogens is 324 g/mol. The number of aryl methyl sites for hydroxylation is 2. The Labute approximate surface area is 154 Å². The van der Waals surface area contributed by atoms with Crippen LogP contribution < -0.4 is 10.2 Å². The van der Waals surface area contributed by atoms with Gasteiger partial charge in [0.2, 0.25) is 11.2 Å². The van der Waals surface area contributed by atoms with Crippen LogP contribution in [0.15, 0.2) is 45.6 Å². The highest BCUT2D eigenvalue weighted by atomic mass is 16.5. The van der Waals surface area contributed by atoms with Crippen LogP contribution in [0.4, 0.5) is 0 Å². The van der Waals surface area contributed by atoms with Gasteiger partial charge in [-0.1, -0.05) is 45.0 Å². The van der Waals surface area contributed by atoms with E-state index in [2.05, 4.69) is 32.9 Å². The van der Waals surface area contributed by atoms with Crippen molar-refractivity contribution in [2.24, 2.45) is 0 Å². The van der Waals surface area contributed by atoms with E-state index in [1.54, 1.807) is 0 Å². The average Bonchev–Trinajstić information content (AvgIpc) is 2.58. The number of benzene rings is 2. The van der Waals surface area contributed by atoms with E-state index in [-0.39, 0.29) is 16.6 Å². The second kappa shape index (κ2) is 6.64. The Kier molecular flexibility index (Phi) is 4.66. The van der Waals surface area contributed by atoms with Crippen molar-refractivity contribution in [3.05, 3.63) is 63.3 Å². The van der Waals surface area contributed by atoms with Crippen LogP contribution in [0, 0.1) is 13.8 Å². The molecule has 0 radical (unpaired) electrons. The molecule has 3 nitrogen and oxygen atoms in total. The maximum atomic E-state index is 13.0. The Morgan fingerprint density at radius 1 is 1.00 bits per heavy atom. The minimum Gasteiger partial charge on any atom is -0.487 e. The van der Waals surface area contributed by atoms with Gasteiger partial charge >= 0.3 is 0 Å². The summed E-state index contributed by atoms with van der Waals surface area (Å²) in [6, 6.07) is 12.0. The fraction of sp³-hybridized carbons (Fsp3) is 0.348. The topological polar surface area (TPSA) is 39.4 Å². The molecule has 0 aliphatic rings. The van der Waals surface area contributed by atoms with Crippen molar-refractivity contribution in [1.82, 2.24) is 0 Å². The van der Waals surface area contributed by atoms with Gasteiger partial charge in [-0.25, -0.2) is 0 Å². The number of rotatable bonds is 3. The highest BCUT2D eigenvalue weighted by Gasteiger charge is 2.19. The first-order chi connectivity index (χ1) is 12.2. The van der Waals surface area contributed by atoms with Gasteiger partial charge in [-0.15, -0.1) is 0 Å². The van der Waals surface area contributed by atoms with Crippen LogP contribution in [0.2, 0.25) is 0 Å². The Morgan fingerprint density at radius 2 is 1.62 bits per heavy atom. The zero-order valence-electron chi connectivity index (χ0n) is 16.4. The first-order valence-corrected chi connectivity index (χ1v) is 9.04. The Morgan fingerprint density at radius 3 is 2.19 bits per heavy atom. The summed E-state index contributed by atoms with van der Waals surface area (Å²) in [5.41, 5.74) is 4.78. The first-order valence-electron chi connectivity index (χ1n) is 9.04. The maximum Gasteiger partial charge on any atom is 0.235 e. The standard InChI is InChI=1S/C23H26O3/c1-7-25-22-20(24)18-12-14(2)15(3)13-19(18)26-21(22)16-8-10-17(11-9-16)23(4,5)6/h8-13H,7H2,1-6H3. The van der Waals surface area contributed by atoms with E-state index >= 15 is 0 Å². The van der Waals surface area contributed by atoms with Gasteiger partial charge in [0, 0.05) is 5.56 Å². The second-order valence-electron chi connectivity index (χ2n) is 7.78. The molecule has 0 atom stereocenters. The lowest BCUT2D eigenvalue weighted by molar-refractivity contribution is 0.330. The molecule has 0 spiro atoms. The van der Waals surface area contributed by atoms with Gasteiger partial charge in [-0.2, -0.15) is 0 Å². The molecular formula is C23H26O3. The molecule has 0 amide bonds. The molecule has 3 aromatic rings. The highest BCUT2D eigenvalue weighted by molar-refractivity contribution is 5.83. The third-order valence-corrected chi connectivity index (χ3v) is 4.77. The predicted octanol–water partition coefficient (Wildman–Crippen LogP) is 5.77. The molecule has 0 N–H and O–H groups in total. The number of ether oxygens (including phenoxy) is 1. The molecule has 0 unspecified atom stereocenters. The fourth-order valence-corrected chi connectivity index (χ4v) is 3.02. The van der Waals surface area contributed by atoms with Gasteiger partial charge in [0.25, 0.3) is 0 Å². The van der Waals surface area contributed by atoms with Crippen molar-refractivity contribution >= 4 is 11.0 Å². The van der Waals surface area contributed by atoms with Gasteiger partial charge in [0.15, 0.2) is 5.76 Å². The van der Waals surface area contributed by atoms with E-state index in [1.807, 2.05) is 45.0 Å². The van der Waals surface area contributed by atoms with Crippen molar-refractivity contribution in [1.29, 1.82) is 0 Å². The zero-order valence-corrected chi connectivity index (χ0v) is 16.4. The van der Waals surface area contributed by atoms with Gasteiger partial charge < -0.3 is 9.15 Å². The fourth-order valence-electron chi connectivity index (χ4n) is 3.02. The third-order valence-electron chi connectivity index (χ3n) is 4.77. The number of fused-ring (bicyclic) bond motifs is 1. The van der Waals surface area contributed by atoms with Crippen LogP contribution in [-0.2, 0) is 5.41 Å². The van der Waals surface area contributed by atoms with E-state index in [1.165, 1.54) is 5.56 Å². The van der Waals surface area contributed by atoms with Crippen LogP contribution in [0.5, 0.6) is 5.75 Å². The Bertz CT molecular complexity index is 1000. The third kappa shape index (κ3) is 3.26. The largest absolute Gasteiger partial charge is 0.487 e. The lowest BCUT2D eigenvalue weighted by Gasteiger charge is -2.19. The molecule has 2 aromatic carbocycles. The van der Waals surface area contributed by atoms with E-state index < -0.39 is 0 Å². The van der Waals surface area contributed by atoms with Crippen molar-refractivity contribution in [2.75, 3.05) is 6.61 Å². The molecule has 26 heavy (non-hydrogen) atoms. The van der Waals surface area contributed by atoms with E-state index in [0.717, 1.165) is 16.7 Å². The van der Waals surface area contributed by atoms with E-state index in [9.17, 15) is 4.79 Å². The predicted molar refractivity (Wildman–Crippen MR) is 107 cm³/mol. The molecule has 0 bridgehead atoms. The molecule has 3 rings (SSSR count). The van der Waals surface area contributed by atoms with Gasteiger partial charge in [0.05, 0.1) is 12.0 Å². The summed E-state index contributed by atoms with van der Waals surface area (Å²) < 4.78 is 11.8. The molecule has 0 aliphatic carbocycles. The Hall–Kier alpha value is -2.55. The highest BCUT2D eigenvalue weighted by Crippen LogP contribution is 2.33. The summed E-state index contributed by atoms with van der Waals surface area (Å²) in [5.74, 6) is 0.778. The van der Waals surface area contributed by atoms with Crippen LogP contribution in [0.3, 0.4) is 0 Å². The maximum absolute atomic E-state index is 13.0. The summed E-state index contributed by atoms with van der Waals surface area (Å²) >= 11 is 0. The average molecular weight is 350 g/mol. The van der Waals surface area contributed by atoms with E-state index in [4.69, 9.17) is 9.15 Å². The van der Waals surface area contributed by atoms with Crippen LogP contribution >= 0.6 is 0 Å². The summed E-state index contributed by atoms with van der Waals surface area (Å²) in [6.45, 7) is 12.8. The SMILES string of the molecule is CCOc1c(-c2ccc(C(C)(C)C)cc2)oc2cc(C)c(C)cc2c1=O. The molecule has 1 heterocycles. The smallest absolute Gasteiger partial charge is 0.235 e. The zero-order chi connectivity index (χ0) is 19.1. The molecule has 0 fully saturated rings. The lowest BCUT2D eigenvalue weighted by atomic mass is 9.86. The van der Waals surface area contributed by atoms with Crippen molar-refractivity contribution in [3.8, 4) is 17.1 Å². The monoisotopic (exact) mass is 350 g/mol. The van der Waals surface area contributed by atoms with Crippen LogP contribution in [0.25, 0.3) is 22.3 Å². The van der Waals surface area contributed by atoms with E-state index in [0.29, 0.717) is 23.3 Å². The summed E-state index contributed by atoms with van der Waals surface area (Å²) in [5, 5.41) is 0.562. The molecule has 136 valence electrons. The minimum absolute atomic E-state index is 0.0696.